The van der Waals surface area contributed by atoms with Gasteiger partial charge in [-0.25, -0.2) is 0 Å². The highest BCUT2D eigenvalue weighted by atomic mass is 16.1. The molecule has 3 rings (SSSR count). The molecule has 0 saturated carbocycles. The van der Waals surface area contributed by atoms with Crippen LogP contribution < -0.4 is 5.32 Å². The Morgan fingerprint density at radius 3 is 2.60 bits per heavy atom. The fourth-order valence-electron chi connectivity index (χ4n) is 3.02. The molecule has 0 atom stereocenters. The molecule has 1 aromatic heterocycles. The number of fused-ring (bicyclic) bond motifs is 1. The second kappa shape index (κ2) is 7.95. The van der Waals surface area contributed by atoms with Crippen LogP contribution in [0.25, 0.3) is 22.7 Å². The first kappa shape index (κ1) is 17.2. The highest BCUT2D eigenvalue weighted by Gasteiger charge is 2.09. The van der Waals surface area contributed by atoms with Crippen LogP contribution in [0.4, 0.5) is 0 Å². The van der Waals surface area contributed by atoms with E-state index in [1.165, 1.54) is 16.5 Å². The lowest BCUT2D eigenvalue weighted by atomic mass is 10.1. The Morgan fingerprint density at radius 2 is 1.88 bits per heavy atom. The van der Waals surface area contributed by atoms with E-state index in [2.05, 4.69) is 59.4 Å². The molecule has 0 spiro atoms. The summed E-state index contributed by atoms with van der Waals surface area (Å²) in [5.74, 6) is 0.0609. The second-order valence-electron chi connectivity index (χ2n) is 6.18. The SMILES string of the molecule is CCNCCc1cn(-c2ccc(C=CC(C)=O)cc2)c2ccccc12. The van der Waals surface area contributed by atoms with Gasteiger partial charge in [0.1, 0.15) is 0 Å². The molecule has 0 aliphatic rings. The molecular formula is C22H24N2O. The van der Waals surface area contributed by atoms with E-state index in [9.17, 15) is 4.79 Å². The molecule has 1 heterocycles. The highest BCUT2D eigenvalue weighted by Crippen LogP contribution is 2.25. The van der Waals surface area contributed by atoms with Gasteiger partial charge in [-0.1, -0.05) is 43.3 Å². The summed E-state index contributed by atoms with van der Waals surface area (Å²) in [6.45, 7) is 5.67. The van der Waals surface area contributed by atoms with E-state index in [-0.39, 0.29) is 5.78 Å². The lowest BCUT2D eigenvalue weighted by Gasteiger charge is -2.05. The van der Waals surface area contributed by atoms with Gasteiger partial charge >= 0.3 is 0 Å². The Bertz CT molecular complexity index is 888. The molecule has 2 aromatic carbocycles. The molecule has 0 saturated heterocycles. The molecule has 0 amide bonds. The first-order valence-electron chi connectivity index (χ1n) is 8.78. The summed E-state index contributed by atoms with van der Waals surface area (Å²) in [6.07, 6.45) is 6.70. The van der Waals surface area contributed by atoms with Crippen molar-refractivity contribution in [3.63, 3.8) is 0 Å². The number of likely N-dealkylation sites (N-methyl/N-ethyl adjacent to an activating group) is 1. The van der Waals surface area contributed by atoms with Gasteiger partial charge < -0.3 is 9.88 Å². The Kier molecular flexibility index (Phi) is 5.46. The second-order valence-corrected chi connectivity index (χ2v) is 6.18. The van der Waals surface area contributed by atoms with Crippen molar-refractivity contribution in [2.45, 2.75) is 20.3 Å². The van der Waals surface area contributed by atoms with Gasteiger partial charge in [0.2, 0.25) is 0 Å². The maximum absolute atomic E-state index is 11.1. The molecule has 3 nitrogen and oxygen atoms in total. The minimum Gasteiger partial charge on any atom is -0.317 e. The van der Waals surface area contributed by atoms with Crippen molar-refractivity contribution < 1.29 is 4.79 Å². The van der Waals surface area contributed by atoms with Crippen LogP contribution in [0, 0.1) is 0 Å². The van der Waals surface area contributed by atoms with Crippen LogP contribution in [0.5, 0.6) is 0 Å². The van der Waals surface area contributed by atoms with Crippen molar-refractivity contribution in [3.8, 4) is 5.69 Å². The van der Waals surface area contributed by atoms with Crippen LogP contribution in [0.1, 0.15) is 25.0 Å². The van der Waals surface area contributed by atoms with Crippen molar-refractivity contribution >= 4 is 22.8 Å². The number of nitrogens with zero attached hydrogens (tertiary/aromatic N) is 1. The lowest BCUT2D eigenvalue weighted by Crippen LogP contribution is -2.15. The van der Waals surface area contributed by atoms with Crippen LogP contribution in [0.2, 0.25) is 0 Å². The molecular weight excluding hydrogens is 308 g/mol. The standard InChI is InChI=1S/C22H24N2O/c1-3-23-15-14-19-16-24(22-7-5-4-6-21(19)22)20-12-10-18(11-13-20)9-8-17(2)25/h4-13,16,23H,3,14-15H2,1-2H3. The lowest BCUT2D eigenvalue weighted by molar-refractivity contribution is -0.112. The number of ketones is 1. The average molecular weight is 332 g/mol. The fraction of sp³-hybridized carbons (Fsp3) is 0.227. The van der Waals surface area contributed by atoms with E-state index in [1.807, 2.05) is 18.2 Å². The number of aromatic nitrogens is 1. The summed E-state index contributed by atoms with van der Waals surface area (Å²) in [4.78, 5) is 11.1. The van der Waals surface area contributed by atoms with Gasteiger partial charge in [0, 0.05) is 17.3 Å². The molecule has 3 heteroatoms. The summed E-state index contributed by atoms with van der Waals surface area (Å²) >= 11 is 0. The average Bonchev–Trinajstić information content (AvgIpc) is 3.00. The maximum atomic E-state index is 11.1. The molecule has 0 aliphatic carbocycles. The van der Waals surface area contributed by atoms with E-state index in [1.54, 1.807) is 13.0 Å². The molecule has 25 heavy (non-hydrogen) atoms. The molecule has 0 fully saturated rings. The smallest absolute Gasteiger partial charge is 0.152 e. The first-order chi connectivity index (χ1) is 12.2. The molecule has 0 unspecified atom stereocenters. The number of hydrogen-bond acceptors (Lipinski definition) is 2. The van der Waals surface area contributed by atoms with Crippen molar-refractivity contribution in [1.29, 1.82) is 0 Å². The predicted octanol–water partition coefficient (Wildman–Crippen LogP) is 4.38. The van der Waals surface area contributed by atoms with Crippen molar-refractivity contribution in [2.24, 2.45) is 0 Å². The number of benzene rings is 2. The maximum Gasteiger partial charge on any atom is 0.152 e. The summed E-state index contributed by atoms with van der Waals surface area (Å²) in [5.41, 5.74) is 4.74. The normalized spacial score (nSPS) is 11.4. The van der Waals surface area contributed by atoms with Crippen molar-refractivity contribution in [1.82, 2.24) is 9.88 Å². The number of hydrogen-bond donors (Lipinski definition) is 1. The summed E-state index contributed by atoms with van der Waals surface area (Å²) in [5, 5.41) is 4.70. The Labute approximate surface area is 149 Å². The van der Waals surface area contributed by atoms with Crippen molar-refractivity contribution in [3.05, 3.63) is 71.9 Å². The van der Waals surface area contributed by atoms with Gasteiger partial charge in [-0.05, 0) is 61.8 Å². The Hall–Kier alpha value is -2.65. The van der Waals surface area contributed by atoms with Gasteiger partial charge in [0.15, 0.2) is 5.78 Å². The van der Waals surface area contributed by atoms with E-state index < -0.39 is 0 Å². The van der Waals surface area contributed by atoms with Gasteiger partial charge in [-0.3, -0.25) is 4.79 Å². The Morgan fingerprint density at radius 1 is 1.12 bits per heavy atom. The van der Waals surface area contributed by atoms with Gasteiger partial charge in [-0.2, -0.15) is 0 Å². The van der Waals surface area contributed by atoms with Gasteiger partial charge in [0.25, 0.3) is 0 Å². The third kappa shape index (κ3) is 4.06. The quantitative estimate of drug-likeness (QED) is 0.514. The zero-order valence-corrected chi connectivity index (χ0v) is 14.8. The number of rotatable bonds is 7. The zero-order valence-electron chi connectivity index (χ0n) is 14.8. The summed E-state index contributed by atoms with van der Waals surface area (Å²) in [7, 11) is 0. The van der Waals surface area contributed by atoms with Gasteiger partial charge in [-0.15, -0.1) is 0 Å². The number of carbonyl (C=O) groups excluding carboxylic acids is 1. The largest absolute Gasteiger partial charge is 0.317 e. The number of carbonyl (C=O) groups is 1. The summed E-state index contributed by atoms with van der Waals surface area (Å²) < 4.78 is 2.25. The molecule has 128 valence electrons. The van der Waals surface area contributed by atoms with Crippen LogP contribution in [0.15, 0.2) is 60.8 Å². The van der Waals surface area contributed by atoms with E-state index >= 15 is 0 Å². The Balaban J connectivity index is 1.94. The molecule has 1 N–H and O–H groups in total. The van der Waals surface area contributed by atoms with Gasteiger partial charge in [0.05, 0.1) is 5.52 Å². The number of nitrogens with one attached hydrogen (secondary N) is 1. The summed E-state index contributed by atoms with van der Waals surface area (Å²) in [6, 6.07) is 16.8. The highest BCUT2D eigenvalue weighted by molar-refractivity contribution is 5.91. The first-order valence-corrected chi connectivity index (χ1v) is 8.78. The number of para-hydroxylation sites is 1. The number of allylic oxidation sites excluding steroid dienone is 1. The molecule has 3 aromatic rings. The van der Waals surface area contributed by atoms with Crippen LogP contribution in [-0.2, 0) is 11.2 Å². The van der Waals surface area contributed by atoms with E-state index in [4.69, 9.17) is 0 Å². The van der Waals surface area contributed by atoms with Crippen LogP contribution in [-0.4, -0.2) is 23.4 Å². The minimum atomic E-state index is 0.0609. The molecule has 0 aliphatic heterocycles. The van der Waals surface area contributed by atoms with E-state index in [0.29, 0.717) is 0 Å². The molecule has 0 radical (unpaired) electrons. The zero-order chi connectivity index (χ0) is 17.6. The van der Waals surface area contributed by atoms with Crippen molar-refractivity contribution in [2.75, 3.05) is 13.1 Å². The van der Waals surface area contributed by atoms with Crippen LogP contribution in [0.3, 0.4) is 0 Å². The topological polar surface area (TPSA) is 34.0 Å². The minimum absolute atomic E-state index is 0.0609. The third-order valence-electron chi connectivity index (χ3n) is 4.30. The van der Waals surface area contributed by atoms with E-state index in [0.717, 1.165) is 30.8 Å². The monoisotopic (exact) mass is 332 g/mol. The fourth-order valence-corrected chi connectivity index (χ4v) is 3.02. The van der Waals surface area contributed by atoms with Crippen LogP contribution >= 0.6 is 0 Å². The molecule has 0 bridgehead atoms. The predicted molar refractivity (Wildman–Crippen MR) is 105 cm³/mol. The third-order valence-corrected chi connectivity index (χ3v) is 4.30.